The van der Waals surface area contributed by atoms with Gasteiger partial charge in [-0.25, -0.2) is 0 Å². The van der Waals surface area contributed by atoms with Crippen LogP contribution in [-0.2, 0) is 16.0 Å². The number of carbonyl (C=O) groups is 2. The van der Waals surface area contributed by atoms with Gasteiger partial charge in [-0.1, -0.05) is 0 Å². The molecule has 0 spiro atoms. The summed E-state index contributed by atoms with van der Waals surface area (Å²) in [6.07, 6.45) is 3.61. The number of hydrogen-bond acceptors (Lipinski definition) is 4. The predicted octanol–water partition coefficient (Wildman–Crippen LogP) is 2.59. The first kappa shape index (κ1) is 13.9. The fourth-order valence-corrected chi connectivity index (χ4v) is 5.22. The molecule has 1 saturated carbocycles. The van der Waals surface area contributed by atoms with Gasteiger partial charge >= 0.3 is 5.97 Å². The summed E-state index contributed by atoms with van der Waals surface area (Å²) < 4.78 is 0. The normalized spacial score (nSPS) is 23.5. The fraction of sp³-hybridized carbons (Fsp3) is 0.571. The molecule has 0 aromatic carbocycles. The molecule has 2 aliphatic rings. The molecule has 1 aliphatic carbocycles. The lowest BCUT2D eigenvalue weighted by Gasteiger charge is -2.42. The Kier molecular flexibility index (Phi) is 3.77. The summed E-state index contributed by atoms with van der Waals surface area (Å²) in [7, 11) is 0. The van der Waals surface area contributed by atoms with Crippen molar-refractivity contribution in [1.29, 1.82) is 0 Å². The Balaban J connectivity index is 1.73. The quantitative estimate of drug-likeness (QED) is 0.897. The summed E-state index contributed by atoms with van der Waals surface area (Å²) in [5, 5.41) is 13.9. The van der Waals surface area contributed by atoms with E-state index in [0.29, 0.717) is 0 Å². The largest absolute Gasteiger partial charge is 0.481 e. The minimum atomic E-state index is -0.836. The Morgan fingerprint density at radius 2 is 2.25 bits per heavy atom. The van der Waals surface area contributed by atoms with E-state index in [9.17, 15) is 9.59 Å². The summed E-state index contributed by atoms with van der Waals surface area (Å²) in [5.41, 5.74) is 0.616. The fourth-order valence-electron chi connectivity index (χ4n) is 2.93. The monoisotopic (exact) mass is 311 g/mol. The molecule has 1 aliphatic heterocycles. The van der Waals surface area contributed by atoms with Crippen LogP contribution in [0.5, 0.6) is 0 Å². The lowest BCUT2D eigenvalue weighted by molar-refractivity contribution is -0.140. The highest BCUT2D eigenvalue weighted by atomic mass is 32.2. The molecule has 1 aromatic rings. The Hall–Kier alpha value is -1.01. The molecular weight excluding hydrogens is 294 g/mol. The second-order valence-corrected chi connectivity index (χ2v) is 7.71. The number of carbonyl (C=O) groups excluding carboxylic acids is 1. The van der Waals surface area contributed by atoms with Crippen LogP contribution in [0.4, 0.5) is 0 Å². The van der Waals surface area contributed by atoms with Gasteiger partial charge in [0.15, 0.2) is 0 Å². The van der Waals surface area contributed by atoms with Crippen molar-refractivity contribution in [2.75, 3.05) is 5.75 Å². The third-order valence-electron chi connectivity index (χ3n) is 4.10. The van der Waals surface area contributed by atoms with Crippen molar-refractivity contribution in [1.82, 2.24) is 5.32 Å². The lowest BCUT2D eigenvalue weighted by atomic mass is 9.74. The lowest BCUT2D eigenvalue weighted by Crippen LogP contribution is -2.55. The number of carboxylic acids is 1. The molecular formula is C14H17NO3S2. The van der Waals surface area contributed by atoms with Crippen LogP contribution in [0.15, 0.2) is 11.4 Å². The minimum absolute atomic E-state index is 0.0182. The number of fused-ring (bicyclic) bond motifs is 1. The molecule has 2 N–H and O–H groups in total. The topological polar surface area (TPSA) is 66.4 Å². The molecule has 0 radical (unpaired) electrons. The molecule has 1 atom stereocenters. The summed E-state index contributed by atoms with van der Waals surface area (Å²) in [6.45, 7) is 0. The number of thioether (sulfide) groups is 1. The van der Waals surface area contributed by atoms with Crippen molar-refractivity contribution < 1.29 is 14.7 Å². The van der Waals surface area contributed by atoms with Gasteiger partial charge < -0.3 is 10.4 Å². The van der Waals surface area contributed by atoms with Gasteiger partial charge in [0.05, 0.1) is 12.0 Å². The van der Waals surface area contributed by atoms with Gasteiger partial charge in [-0.15, -0.1) is 23.1 Å². The van der Waals surface area contributed by atoms with E-state index in [1.54, 1.807) is 23.1 Å². The van der Waals surface area contributed by atoms with E-state index in [4.69, 9.17) is 5.11 Å². The van der Waals surface area contributed by atoms with Gasteiger partial charge in [0.1, 0.15) is 5.25 Å². The molecule has 1 aromatic heterocycles. The van der Waals surface area contributed by atoms with Gasteiger partial charge in [-0.05, 0) is 48.4 Å². The second-order valence-electron chi connectivity index (χ2n) is 5.49. The first-order chi connectivity index (χ1) is 9.60. The van der Waals surface area contributed by atoms with Gasteiger partial charge in [-0.2, -0.15) is 0 Å². The Morgan fingerprint density at radius 3 is 2.90 bits per heavy atom. The van der Waals surface area contributed by atoms with Crippen molar-refractivity contribution in [3.8, 4) is 0 Å². The highest BCUT2D eigenvalue weighted by molar-refractivity contribution is 8.00. The zero-order valence-electron chi connectivity index (χ0n) is 11.1. The van der Waals surface area contributed by atoms with E-state index in [2.05, 4.69) is 5.32 Å². The highest BCUT2D eigenvalue weighted by Crippen LogP contribution is 2.41. The highest BCUT2D eigenvalue weighted by Gasteiger charge is 2.42. The molecule has 1 fully saturated rings. The Labute approximate surface area is 125 Å². The SMILES string of the molecule is O=C(O)CC1(NC(=O)C2SCCc3sccc32)CCC1. The van der Waals surface area contributed by atoms with E-state index < -0.39 is 11.5 Å². The molecule has 6 heteroatoms. The molecule has 1 amide bonds. The van der Waals surface area contributed by atoms with Crippen LogP contribution in [0.2, 0.25) is 0 Å². The number of aryl methyl sites for hydroxylation is 1. The van der Waals surface area contributed by atoms with Crippen molar-refractivity contribution in [3.63, 3.8) is 0 Å². The van der Waals surface area contributed by atoms with Gasteiger partial charge in [0, 0.05) is 4.88 Å². The first-order valence-electron chi connectivity index (χ1n) is 6.81. The average Bonchev–Trinajstić information content (AvgIpc) is 2.83. The zero-order valence-corrected chi connectivity index (χ0v) is 12.7. The number of amides is 1. The molecule has 2 heterocycles. The first-order valence-corrected chi connectivity index (χ1v) is 8.74. The molecule has 1 unspecified atom stereocenters. The molecule has 0 bridgehead atoms. The van der Waals surface area contributed by atoms with Crippen LogP contribution in [0.3, 0.4) is 0 Å². The van der Waals surface area contributed by atoms with Crippen LogP contribution >= 0.6 is 23.1 Å². The van der Waals surface area contributed by atoms with Crippen LogP contribution < -0.4 is 5.32 Å². The standard InChI is InChI=1S/C14H17NO3S2/c16-11(17)8-14(4-1-5-14)15-13(18)12-9-2-6-19-10(9)3-7-20-12/h2,6,12H,1,3-5,7-8H2,(H,15,18)(H,16,17). The van der Waals surface area contributed by atoms with E-state index in [1.165, 1.54) is 4.88 Å². The maximum absolute atomic E-state index is 12.5. The van der Waals surface area contributed by atoms with Crippen molar-refractivity contribution in [3.05, 3.63) is 21.9 Å². The smallest absolute Gasteiger partial charge is 0.305 e. The summed E-state index contributed by atoms with van der Waals surface area (Å²) in [4.78, 5) is 24.8. The molecule has 3 rings (SSSR count). The van der Waals surface area contributed by atoms with Gasteiger partial charge in [-0.3, -0.25) is 9.59 Å². The minimum Gasteiger partial charge on any atom is -0.481 e. The number of carboxylic acid groups (broad SMARTS) is 1. The number of aliphatic carboxylic acids is 1. The van der Waals surface area contributed by atoms with E-state index in [0.717, 1.165) is 37.0 Å². The predicted molar refractivity (Wildman–Crippen MR) is 80.2 cm³/mol. The van der Waals surface area contributed by atoms with E-state index >= 15 is 0 Å². The Bertz CT molecular complexity index is 536. The molecule has 4 nitrogen and oxygen atoms in total. The van der Waals surface area contributed by atoms with Gasteiger partial charge in [0.2, 0.25) is 5.91 Å². The van der Waals surface area contributed by atoms with E-state index in [-0.39, 0.29) is 17.6 Å². The van der Waals surface area contributed by atoms with Crippen molar-refractivity contribution in [2.45, 2.75) is 42.9 Å². The maximum atomic E-state index is 12.5. The van der Waals surface area contributed by atoms with Crippen LogP contribution in [0, 0.1) is 0 Å². The number of hydrogen-bond donors (Lipinski definition) is 2. The van der Waals surface area contributed by atoms with Crippen LogP contribution in [0.25, 0.3) is 0 Å². The average molecular weight is 311 g/mol. The van der Waals surface area contributed by atoms with E-state index in [1.807, 2.05) is 11.4 Å². The van der Waals surface area contributed by atoms with Gasteiger partial charge in [0.25, 0.3) is 0 Å². The Morgan fingerprint density at radius 1 is 1.45 bits per heavy atom. The summed E-state index contributed by atoms with van der Waals surface area (Å²) in [5.74, 6) is 0.102. The zero-order chi connectivity index (χ0) is 14.2. The number of rotatable bonds is 4. The number of nitrogens with one attached hydrogen (secondary N) is 1. The molecule has 108 valence electrons. The maximum Gasteiger partial charge on any atom is 0.305 e. The summed E-state index contributed by atoms with van der Waals surface area (Å²) >= 11 is 3.37. The molecule has 20 heavy (non-hydrogen) atoms. The second kappa shape index (κ2) is 5.41. The number of thiophene rings is 1. The third kappa shape index (κ3) is 2.59. The third-order valence-corrected chi connectivity index (χ3v) is 6.34. The van der Waals surface area contributed by atoms with Crippen LogP contribution in [0.1, 0.15) is 41.4 Å². The van der Waals surface area contributed by atoms with Crippen molar-refractivity contribution in [2.24, 2.45) is 0 Å². The van der Waals surface area contributed by atoms with Crippen LogP contribution in [-0.4, -0.2) is 28.3 Å². The summed E-state index contributed by atoms with van der Waals surface area (Å²) in [6, 6.07) is 2.03. The molecule has 0 saturated heterocycles. The van der Waals surface area contributed by atoms with Crippen molar-refractivity contribution >= 4 is 35.0 Å².